The standard InChI is InChI=1S/C9H18N2O3/c1-3-8(13)6-11-9(14)4-5-10-7(2)12/h8,13H,3-6H2,1-2H3,(H,10,12)(H,11,14). The molecule has 14 heavy (non-hydrogen) atoms. The molecule has 0 aliphatic rings. The van der Waals surface area contributed by atoms with Gasteiger partial charge in [-0.1, -0.05) is 6.92 Å². The molecule has 5 heteroatoms. The van der Waals surface area contributed by atoms with E-state index in [2.05, 4.69) is 10.6 Å². The fraction of sp³-hybridized carbons (Fsp3) is 0.778. The monoisotopic (exact) mass is 202 g/mol. The molecule has 0 aromatic carbocycles. The minimum atomic E-state index is -0.486. The molecule has 2 amide bonds. The van der Waals surface area contributed by atoms with Crippen molar-refractivity contribution in [1.29, 1.82) is 0 Å². The summed E-state index contributed by atoms with van der Waals surface area (Å²) < 4.78 is 0. The van der Waals surface area contributed by atoms with E-state index in [4.69, 9.17) is 5.11 Å². The molecule has 0 rings (SSSR count). The molecule has 0 aliphatic carbocycles. The Balaban J connectivity index is 3.41. The van der Waals surface area contributed by atoms with E-state index in [1.807, 2.05) is 6.92 Å². The largest absolute Gasteiger partial charge is 0.391 e. The van der Waals surface area contributed by atoms with Crippen LogP contribution in [-0.4, -0.2) is 36.1 Å². The zero-order valence-corrected chi connectivity index (χ0v) is 8.67. The molecular weight excluding hydrogens is 184 g/mol. The first-order valence-electron chi connectivity index (χ1n) is 4.75. The zero-order valence-electron chi connectivity index (χ0n) is 8.67. The maximum Gasteiger partial charge on any atom is 0.221 e. The molecule has 5 nitrogen and oxygen atoms in total. The van der Waals surface area contributed by atoms with Gasteiger partial charge < -0.3 is 15.7 Å². The summed E-state index contributed by atoms with van der Waals surface area (Å²) in [6, 6.07) is 0. The molecule has 1 unspecified atom stereocenters. The number of aliphatic hydroxyl groups is 1. The molecule has 0 saturated carbocycles. The molecule has 0 aromatic heterocycles. The van der Waals surface area contributed by atoms with Gasteiger partial charge in [-0.3, -0.25) is 9.59 Å². The van der Waals surface area contributed by atoms with Crippen LogP contribution in [0.2, 0.25) is 0 Å². The number of rotatable bonds is 6. The summed E-state index contributed by atoms with van der Waals surface area (Å²) in [5.41, 5.74) is 0. The third kappa shape index (κ3) is 7.54. The van der Waals surface area contributed by atoms with Gasteiger partial charge in [-0.15, -0.1) is 0 Å². The van der Waals surface area contributed by atoms with Gasteiger partial charge in [0.2, 0.25) is 11.8 Å². The van der Waals surface area contributed by atoms with Crippen LogP contribution in [0, 0.1) is 0 Å². The maximum absolute atomic E-state index is 11.1. The van der Waals surface area contributed by atoms with Crippen molar-refractivity contribution in [3.63, 3.8) is 0 Å². The first kappa shape index (κ1) is 12.9. The lowest BCUT2D eigenvalue weighted by Gasteiger charge is -2.09. The Bertz CT molecular complexity index is 194. The van der Waals surface area contributed by atoms with E-state index >= 15 is 0 Å². The lowest BCUT2D eigenvalue weighted by Crippen LogP contribution is -2.34. The highest BCUT2D eigenvalue weighted by Gasteiger charge is 2.04. The second-order valence-electron chi connectivity index (χ2n) is 3.10. The Morgan fingerprint density at radius 2 is 2.00 bits per heavy atom. The summed E-state index contributed by atoms with van der Waals surface area (Å²) >= 11 is 0. The highest BCUT2D eigenvalue weighted by Crippen LogP contribution is 1.87. The number of carbonyl (C=O) groups excluding carboxylic acids is 2. The van der Waals surface area contributed by atoms with E-state index in [-0.39, 0.29) is 24.8 Å². The number of hydrogen-bond donors (Lipinski definition) is 3. The van der Waals surface area contributed by atoms with Crippen LogP contribution in [0.4, 0.5) is 0 Å². The summed E-state index contributed by atoms with van der Waals surface area (Å²) in [4.78, 5) is 21.5. The number of aliphatic hydroxyl groups excluding tert-OH is 1. The molecule has 0 bridgehead atoms. The van der Waals surface area contributed by atoms with Crippen molar-refractivity contribution in [3.05, 3.63) is 0 Å². The Hall–Kier alpha value is -1.10. The van der Waals surface area contributed by atoms with Crippen LogP contribution in [0.25, 0.3) is 0 Å². The predicted molar refractivity (Wildman–Crippen MR) is 52.6 cm³/mol. The van der Waals surface area contributed by atoms with Gasteiger partial charge in [-0.25, -0.2) is 0 Å². The van der Waals surface area contributed by atoms with Crippen molar-refractivity contribution >= 4 is 11.8 Å². The van der Waals surface area contributed by atoms with Gasteiger partial charge in [-0.05, 0) is 6.42 Å². The van der Waals surface area contributed by atoms with E-state index in [1.165, 1.54) is 6.92 Å². The lowest BCUT2D eigenvalue weighted by atomic mass is 10.3. The number of carbonyl (C=O) groups is 2. The Kier molecular flexibility index (Phi) is 6.74. The third-order valence-electron chi connectivity index (χ3n) is 1.73. The molecule has 0 fully saturated rings. The van der Waals surface area contributed by atoms with E-state index in [1.54, 1.807) is 0 Å². The minimum Gasteiger partial charge on any atom is -0.391 e. The van der Waals surface area contributed by atoms with Gasteiger partial charge in [0.05, 0.1) is 6.10 Å². The minimum absolute atomic E-state index is 0.147. The molecule has 0 aromatic rings. The van der Waals surface area contributed by atoms with Gasteiger partial charge in [-0.2, -0.15) is 0 Å². The molecule has 0 radical (unpaired) electrons. The van der Waals surface area contributed by atoms with Crippen molar-refractivity contribution in [2.24, 2.45) is 0 Å². The Morgan fingerprint density at radius 1 is 1.36 bits per heavy atom. The summed E-state index contributed by atoms with van der Waals surface area (Å²) in [5, 5.41) is 14.2. The summed E-state index contributed by atoms with van der Waals surface area (Å²) in [5.74, 6) is -0.308. The van der Waals surface area contributed by atoms with Crippen LogP contribution >= 0.6 is 0 Å². The van der Waals surface area contributed by atoms with Gasteiger partial charge in [0, 0.05) is 26.4 Å². The molecule has 0 saturated heterocycles. The average molecular weight is 202 g/mol. The fourth-order valence-electron chi connectivity index (χ4n) is 0.816. The molecule has 1 atom stereocenters. The highest BCUT2D eigenvalue weighted by atomic mass is 16.3. The normalized spacial score (nSPS) is 11.9. The van der Waals surface area contributed by atoms with E-state index in [0.29, 0.717) is 13.0 Å². The smallest absolute Gasteiger partial charge is 0.221 e. The van der Waals surface area contributed by atoms with Crippen LogP contribution in [0.5, 0.6) is 0 Å². The third-order valence-corrected chi connectivity index (χ3v) is 1.73. The first-order valence-corrected chi connectivity index (χ1v) is 4.75. The van der Waals surface area contributed by atoms with Crippen molar-refractivity contribution in [2.45, 2.75) is 32.8 Å². The molecule has 3 N–H and O–H groups in total. The predicted octanol–water partition coefficient (Wildman–Crippen LogP) is -0.600. The second kappa shape index (κ2) is 7.32. The SMILES string of the molecule is CCC(O)CNC(=O)CCNC(C)=O. The Morgan fingerprint density at radius 3 is 2.50 bits per heavy atom. The number of nitrogens with one attached hydrogen (secondary N) is 2. The number of amides is 2. The molecule has 0 heterocycles. The van der Waals surface area contributed by atoms with Gasteiger partial charge >= 0.3 is 0 Å². The van der Waals surface area contributed by atoms with Crippen LogP contribution in [0.1, 0.15) is 26.7 Å². The first-order chi connectivity index (χ1) is 6.56. The van der Waals surface area contributed by atoms with Crippen molar-refractivity contribution < 1.29 is 14.7 Å². The van der Waals surface area contributed by atoms with Crippen LogP contribution < -0.4 is 10.6 Å². The van der Waals surface area contributed by atoms with Crippen LogP contribution in [0.15, 0.2) is 0 Å². The van der Waals surface area contributed by atoms with Crippen molar-refractivity contribution in [2.75, 3.05) is 13.1 Å². The second-order valence-corrected chi connectivity index (χ2v) is 3.10. The van der Waals surface area contributed by atoms with E-state index in [0.717, 1.165) is 0 Å². The van der Waals surface area contributed by atoms with Crippen LogP contribution in [-0.2, 0) is 9.59 Å². The van der Waals surface area contributed by atoms with E-state index in [9.17, 15) is 9.59 Å². The molecular formula is C9H18N2O3. The zero-order chi connectivity index (χ0) is 11.0. The average Bonchev–Trinajstić information content (AvgIpc) is 2.13. The van der Waals surface area contributed by atoms with E-state index < -0.39 is 6.10 Å². The fourth-order valence-corrected chi connectivity index (χ4v) is 0.816. The van der Waals surface area contributed by atoms with Crippen molar-refractivity contribution in [3.8, 4) is 0 Å². The topological polar surface area (TPSA) is 78.4 Å². The highest BCUT2D eigenvalue weighted by molar-refractivity contribution is 5.77. The van der Waals surface area contributed by atoms with Gasteiger partial charge in [0.25, 0.3) is 0 Å². The molecule has 0 aliphatic heterocycles. The Labute approximate surface area is 83.9 Å². The van der Waals surface area contributed by atoms with Crippen LogP contribution in [0.3, 0.4) is 0 Å². The summed E-state index contributed by atoms with van der Waals surface area (Å²) in [6.45, 7) is 3.85. The number of hydrogen-bond acceptors (Lipinski definition) is 3. The summed E-state index contributed by atoms with van der Waals surface area (Å²) in [7, 11) is 0. The maximum atomic E-state index is 11.1. The molecule has 82 valence electrons. The van der Waals surface area contributed by atoms with Crippen molar-refractivity contribution in [1.82, 2.24) is 10.6 Å². The quantitative estimate of drug-likeness (QED) is 0.538. The summed E-state index contributed by atoms with van der Waals surface area (Å²) in [6.07, 6.45) is 0.377. The molecule has 0 spiro atoms. The lowest BCUT2D eigenvalue weighted by molar-refractivity contribution is -0.122. The van der Waals surface area contributed by atoms with Gasteiger partial charge in [0.15, 0.2) is 0 Å². The van der Waals surface area contributed by atoms with Gasteiger partial charge in [0.1, 0.15) is 0 Å².